The second kappa shape index (κ2) is 2.45. The molecule has 0 fully saturated rings. The number of benzene rings is 1. The van der Waals surface area contributed by atoms with Gasteiger partial charge in [-0.3, -0.25) is 0 Å². The van der Waals surface area contributed by atoms with Gasteiger partial charge >= 0.3 is 0 Å². The number of phenols is 1. The highest BCUT2D eigenvalue weighted by Gasteiger charge is 2.13. The van der Waals surface area contributed by atoms with Crippen LogP contribution in [0.2, 0.25) is 0 Å². The van der Waals surface area contributed by atoms with E-state index in [0.717, 1.165) is 6.07 Å². The Bertz CT molecular complexity index is 476. The van der Waals surface area contributed by atoms with Gasteiger partial charge in [0.2, 0.25) is 0 Å². The maximum Gasteiger partial charge on any atom is 0.174 e. The van der Waals surface area contributed by atoms with Crippen molar-refractivity contribution in [2.45, 2.75) is 0 Å². The maximum atomic E-state index is 13.2. The fourth-order valence-corrected chi connectivity index (χ4v) is 1.39. The number of phenolic OH excluding ortho intramolecular Hbond substituents is 1. The van der Waals surface area contributed by atoms with Crippen LogP contribution in [0.3, 0.4) is 0 Å². The van der Waals surface area contributed by atoms with Crippen LogP contribution in [0.15, 0.2) is 18.3 Å². The first-order valence-electron chi connectivity index (χ1n) is 3.73. The van der Waals surface area contributed by atoms with E-state index in [9.17, 15) is 8.78 Å². The molecule has 0 radical (unpaired) electrons. The molecule has 0 saturated carbocycles. The minimum Gasteiger partial charge on any atom is -0.505 e. The summed E-state index contributed by atoms with van der Waals surface area (Å²) in [4.78, 5) is 0. The van der Waals surface area contributed by atoms with Crippen molar-refractivity contribution in [3.63, 3.8) is 0 Å². The van der Waals surface area contributed by atoms with Crippen molar-refractivity contribution >= 4 is 10.9 Å². The van der Waals surface area contributed by atoms with Crippen molar-refractivity contribution in [3.05, 3.63) is 30.0 Å². The van der Waals surface area contributed by atoms with Gasteiger partial charge < -0.3 is 9.67 Å². The molecule has 0 saturated heterocycles. The van der Waals surface area contributed by atoms with Crippen LogP contribution in [0.25, 0.3) is 10.9 Å². The van der Waals surface area contributed by atoms with Crippen LogP contribution in [-0.2, 0) is 7.05 Å². The summed E-state index contributed by atoms with van der Waals surface area (Å²) in [5.74, 6) is -2.06. The van der Waals surface area contributed by atoms with Crippen LogP contribution in [0.4, 0.5) is 8.78 Å². The van der Waals surface area contributed by atoms with Crippen LogP contribution in [0, 0.1) is 11.6 Å². The first-order chi connectivity index (χ1) is 6.11. The summed E-state index contributed by atoms with van der Waals surface area (Å²) < 4.78 is 27.8. The molecule has 2 rings (SSSR count). The van der Waals surface area contributed by atoms with Crippen molar-refractivity contribution in [1.82, 2.24) is 4.57 Å². The molecular formula is C9H7F2NO. The van der Waals surface area contributed by atoms with E-state index in [0.29, 0.717) is 0 Å². The third-order valence-electron chi connectivity index (χ3n) is 2.02. The van der Waals surface area contributed by atoms with E-state index in [1.165, 1.54) is 16.8 Å². The van der Waals surface area contributed by atoms with Crippen LogP contribution >= 0.6 is 0 Å². The lowest BCUT2D eigenvalue weighted by atomic mass is 10.2. The third-order valence-corrected chi connectivity index (χ3v) is 2.02. The minimum absolute atomic E-state index is 0.0972. The monoisotopic (exact) mass is 183 g/mol. The van der Waals surface area contributed by atoms with E-state index in [1.807, 2.05) is 0 Å². The molecule has 2 nitrogen and oxygen atoms in total. The predicted molar refractivity (Wildman–Crippen MR) is 44.5 cm³/mol. The van der Waals surface area contributed by atoms with Gasteiger partial charge in [-0.15, -0.1) is 0 Å². The fourth-order valence-electron chi connectivity index (χ4n) is 1.39. The molecule has 0 atom stereocenters. The Hall–Kier alpha value is -1.58. The summed E-state index contributed by atoms with van der Waals surface area (Å²) in [6.07, 6.45) is 1.54. The van der Waals surface area contributed by atoms with E-state index in [-0.39, 0.29) is 10.9 Å². The smallest absolute Gasteiger partial charge is 0.174 e. The molecule has 0 aliphatic heterocycles. The third kappa shape index (κ3) is 0.983. The molecule has 0 bridgehead atoms. The molecule has 4 heteroatoms. The highest BCUT2D eigenvalue weighted by Crippen LogP contribution is 2.28. The maximum absolute atomic E-state index is 13.2. The van der Waals surface area contributed by atoms with Gasteiger partial charge in [0.25, 0.3) is 0 Å². The summed E-state index contributed by atoms with van der Waals surface area (Å²) in [7, 11) is 1.61. The van der Waals surface area contributed by atoms with E-state index < -0.39 is 17.4 Å². The van der Waals surface area contributed by atoms with Gasteiger partial charge in [0, 0.05) is 24.7 Å². The standard InChI is InChI=1S/C9H7F2NO/c1-12-3-2-5-8(11)7(13)4-6(10)9(5)12/h2-4,13H,1H3. The minimum atomic E-state index is -0.781. The predicted octanol–water partition coefficient (Wildman–Crippen LogP) is 2.16. The van der Waals surface area contributed by atoms with E-state index in [4.69, 9.17) is 5.11 Å². The number of halogens is 2. The Morgan fingerprint density at radius 2 is 2.08 bits per heavy atom. The molecular weight excluding hydrogens is 176 g/mol. The van der Waals surface area contributed by atoms with Crippen LogP contribution in [-0.4, -0.2) is 9.67 Å². The average molecular weight is 183 g/mol. The van der Waals surface area contributed by atoms with Crippen LogP contribution < -0.4 is 0 Å². The summed E-state index contributed by atoms with van der Waals surface area (Å²) in [6.45, 7) is 0. The van der Waals surface area contributed by atoms with Crippen LogP contribution in [0.1, 0.15) is 0 Å². The number of hydrogen-bond acceptors (Lipinski definition) is 1. The number of fused-ring (bicyclic) bond motifs is 1. The van der Waals surface area contributed by atoms with Gasteiger partial charge in [-0.2, -0.15) is 0 Å². The fraction of sp³-hybridized carbons (Fsp3) is 0.111. The normalized spacial score (nSPS) is 11.0. The van der Waals surface area contributed by atoms with Gasteiger partial charge in [0.15, 0.2) is 17.4 Å². The molecule has 1 aromatic carbocycles. The summed E-state index contributed by atoms with van der Waals surface area (Å²) in [5.41, 5.74) is 0.162. The largest absolute Gasteiger partial charge is 0.505 e. The SMILES string of the molecule is Cn1ccc2c(F)c(O)cc(F)c21. The Morgan fingerprint density at radius 1 is 1.38 bits per heavy atom. The van der Waals surface area contributed by atoms with Gasteiger partial charge in [-0.1, -0.05) is 0 Å². The molecule has 1 heterocycles. The van der Waals surface area contributed by atoms with Gasteiger partial charge in [-0.25, -0.2) is 8.78 Å². The Balaban J connectivity index is 2.99. The number of hydrogen-bond donors (Lipinski definition) is 1. The second-order valence-electron chi connectivity index (χ2n) is 2.88. The zero-order chi connectivity index (χ0) is 9.59. The van der Waals surface area contributed by atoms with Gasteiger partial charge in [-0.05, 0) is 6.07 Å². The molecule has 1 aromatic heterocycles. The quantitative estimate of drug-likeness (QED) is 0.665. The number of rotatable bonds is 0. The average Bonchev–Trinajstić information content (AvgIpc) is 2.44. The van der Waals surface area contributed by atoms with E-state index in [2.05, 4.69) is 0 Å². The topological polar surface area (TPSA) is 25.2 Å². The van der Waals surface area contributed by atoms with Crippen molar-refractivity contribution in [2.24, 2.45) is 7.05 Å². The number of aromatic hydroxyl groups is 1. The number of aromatic nitrogens is 1. The van der Waals surface area contributed by atoms with E-state index in [1.54, 1.807) is 7.05 Å². The first kappa shape index (κ1) is 8.04. The molecule has 0 aliphatic rings. The molecule has 1 N–H and O–H groups in total. The highest BCUT2D eigenvalue weighted by atomic mass is 19.1. The lowest BCUT2D eigenvalue weighted by Crippen LogP contribution is -1.90. The lowest BCUT2D eigenvalue weighted by Gasteiger charge is -2.00. The molecule has 0 spiro atoms. The molecule has 0 unspecified atom stereocenters. The van der Waals surface area contributed by atoms with Gasteiger partial charge in [0.05, 0.1) is 5.52 Å². The van der Waals surface area contributed by atoms with Crippen LogP contribution in [0.5, 0.6) is 5.75 Å². The summed E-state index contributed by atoms with van der Waals surface area (Å²) in [5, 5.41) is 9.08. The Kier molecular flexibility index (Phi) is 1.52. The van der Waals surface area contributed by atoms with Crippen molar-refractivity contribution in [3.8, 4) is 5.75 Å². The zero-order valence-corrected chi connectivity index (χ0v) is 6.88. The first-order valence-corrected chi connectivity index (χ1v) is 3.73. The van der Waals surface area contributed by atoms with Crippen molar-refractivity contribution in [2.75, 3.05) is 0 Å². The lowest BCUT2D eigenvalue weighted by molar-refractivity contribution is 0.431. The zero-order valence-electron chi connectivity index (χ0n) is 6.88. The summed E-state index contributed by atoms with van der Waals surface area (Å²) >= 11 is 0. The van der Waals surface area contributed by atoms with Crippen molar-refractivity contribution < 1.29 is 13.9 Å². The number of nitrogens with zero attached hydrogens (tertiary/aromatic N) is 1. The van der Waals surface area contributed by atoms with Crippen molar-refractivity contribution in [1.29, 1.82) is 0 Å². The molecule has 2 aromatic rings. The number of aryl methyl sites for hydroxylation is 1. The molecule has 0 amide bonds. The highest BCUT2D eigenvalue weighted by molar-refractivity contribution is 5.83. The Labute approximate surface area is 73.0 Å². The molecule has 0 aliphatic carbocycles. The summed E-state index contributed by atoms with van der Waals surface area (Å²) in [6, 6.07) is 2.20. The van der Waals surface area contributed by atoms with E-state index >= 15 is 0 Å². The molecule has 68 valence electrons. The van der Waals surface area contributed by atoms with Gasteiger partial charge in [0.1, 0.15) is 0 Å². The second-order valence-corrected chi connectivity index (χ2v) is 2.88. The Morgan fingerprint density at radius 3 is 2.77 bits per heavy atom. The molecule has 13 heavy (non-hydrogen) atoms.